The van der Waals surface area contributed by atoms with Gasteiger partial charge in [0, 0.05) is 6.04 Å². The standard InChI is InChI=1S/C18H31N/c19-17(6-5-13-3-1-2-4-13)18-10-14-7-15(11-18)9-16(8-14)12-18/h13-17H,1-12,19H2. The quantitative estimate of drug-likeness (QED) is 0.792. The lowest BCUT2D eigenvalue weighted by molar-refractivity contribution is -0.0688. The van der Waals surface area contributed by atoms with Crippen LogP contribution < -0.4 is 5.73 Å². The van der Waals surface area contributed by atoms with Crippen molar-refractivity contribution in [3.63, 3.8) is 0 Å². The van der Waals surface area contributed by atoms with Gasteiger partial charge in [0.05, 0.1) is 0 Å². The molecular weight excluding hydrogens is 230 g/mol. The van der Waals surface area contributed by atoms with E-state index in [1.54, 1.807) is 19.3 Å². The molecule has 0 aromatic rings. The molecule has 5 aliphatic carbocycles. The molecule has 0 heterocycles. The predicted molar refractivity (Wildman–Crippen MR) is 79.8 cm³/mol. The van der Waals surface area contributed by atoms with Crippen molar-refractivity contribution in [3.05, 3.63) is 0 Å². The van der Waals surface area contributed by atoms with Crippen LogP contribution in [0.1, 0.15) is 77.0 Å². The molecule has 0 radical (unpaired) electrons. The first-order valence-corrected chi connectivity index (χ1v) is 8.99. The molecular formula is C18H31N. The summed E-state index contributed by atoms with van der Waals surface area (Å²) in [6.45, 7) is 0. The lowest BCUT2D eigenvalue weighted by atomic mass is 9.47. The molecule has 19 heavy (non-hydrogen) atoms. The van der Waals surface area contributed by atoms with Crippen LogP contribution >= 0.6 is 0 Å². The van der Waals surface area contributed by atoms with Crippen LogP contribution in [-0.2, 0) is 0 Å². The molecule has 1 nitrogen and oxygen atoms in total. The summed E-state index contributed by atoms with van der Waals surface area (Å²) >= 11 is 0. The van der Waals surface area contributed by atoms with E-state index in [1.165, 1.54) is 57.8 Å². The van der Waals surface area contributed by atoms with Gasteiger partial charge < -0.3 is 5.73 Å². The van der Waals surface area contributed by atoms with Crippen molar-refractivity contribution < 1.29 is 0 Å². The highest BCUT2D eigenvalue weighted by Crippen LogP contribution is 2.61. The van der Waals surface area contributed by atoms with Crippen LogP contribution in [0.2, 0.25) is 0 Å². The molecule has 5 saturated carbocycles. The van der Waals surface area contributed by atoms with Gasteiger partial charge in [-0.25, -0.2) is 0 Å². The van der Waals surface area contributed by atoms with E-state index in [0.717, 1.165) is 23.7 Å². The second kappa shape index (κ2) is 4.76. The van der Waals surface area contributed by atoms with Gasteiger partial charge in [0.2, 0.25) is 0 Å². The normalized spacial score (nSPS) is 46.9. The van der Waals surface area contributed by atoms with Gasteiger partial charge in [-0.3, -0.25) is 0 Å². The maximum Gasteiger partial charge on any atom is 0.00959 e. The van der Waals surface area contributed by atoms with E-state index in [9.17, 15) is 0 Å². The van der Waals surface area contributed by atoms with E-state index < -0.39 is 0 Å². The molecule has 1 heteroatoms. The van der Waals surface area contributed by atoms with Gasteiger partial charge in [0.15, 0.2) is 0 Å². The minimum atomic E-state index is 0.529. The van der Waals surface area contributed by atoms with Crippen LogP contribution in [0, 0.1) is 29.1 Å². The summed E-state index contributed by atoms with van der Waals surface area (Å²) in [7, 11) is 0. The number of nitrogens with two attached hydrogens (primary N) is 1. The lowest BCUT2D eigenvalue weighted by Gasteiger charge is -2.59. The van der Waals surface area contributed by atoms with Crippen LogP contribution in [-0.4, -0.2) is 6.04 Å². The summed E-state index contributed by atoms with van der Waals surface area (Å²) in [5.41, 5.74) is 7.34. The van der Waals surface area contributed by atoms with Crippen LogP contribution in [0.3, 0.4) is 0 Å². The summed E-state index contributed by atoms with van der Waals surface area (Å²) in [5.74, 6) is 4.20. The molecule has 5 aliphatic rings. The zero-order valence-electron chi connectivity index (χ0n) is 12.4. The Hall–Kier alpha value is -0.0400. The number of rotatable bonds is 4. The highest BCUT2D eigenvalue weighted by molar-refractivity contribution is 5.05. The Bertz CT molecular complexity index is 293. The van der Waals surface area contributed by atoms with Gasteiger partial charge >= 0.3 is 0 Å². The monoisotopic (exact) mass is 261 g/mol. The molecule has 0 aromatic carbocycles. The first-order valence-electron chi connectivity index (χ1n) is 8.99. The Morgan fingerprint density at radius 3 is 1.95 bits per heavy atom. The fourth-order valence-electron chi connectivity index (χ4n) is 6.65. The van der Waals surface area contributed by atoms with Crippen molar-refractivity contribution >= 4 is 0 Å². The van der Waals surface area contributed by atoms with Gasteiger partial charge in [-0.05, 0) is 80.5 Å². The predicted octanol–water partition coefficient (Wildman–Crippen LogP) is 4.50. The number of hydrogen-bond donors (Lipinski definition) is 1. The minimum absolute atomic E-state index is 0.529. The van der Waals surface area contributed by atoms with Crippen LogP contribution in [0.4, 0.5) is 0 Å². The Balaban J connectivity index is 1.40. The first-order chi connectivity index (χ1) is 9.23. The van der Waals surface area contributed by atoms with Crippen molar-refractivity contribution in [2.24, 2.45) is 34.8 Å². The molecule has 2 N–H and O–H groups in total. The van der Waals surface area contributed by atoms with Crippen molar-refractivity contribution in [1.29, 1.82) is 0 Å². The molecule has 0 amide bonds. The molecule has 108 valence electrons. The second-order valence-corrected chi connectivity index (χ2v) is 8.61. The Labute approximate surface area is 118 Å². The summed E-state index contributed by atoms with van der Waals surface area (Å²) < 4.78 is 0. The van der Waals surface area contributed by atoms with Crippen molar-refractivity contribution in [3.8, 4) is 0 Å². The highest BCUT2D eigenvalue weighted by atomic mass is 14.7. The largest absolute Gasteiger partial charge is 0.327 e. The summed E-state index contributed by atoms with van der Waals surface area (Å²) in [5, 5.41) is 0. The molecule has 0 spiro atoms. The van der Waals surface area contributed by atoms with Gasteiger partial charge in [0.25, 0.3) is 0 Å². The van der Waals surface area contributed by atoms with Gasteiger partial charge in [0.1, 0.15) is 0 Å². The van der Waals surface area contributed by atoms with Crippen LogP contribution in [0.25, 0.3) is 0 Å². The smallest absolute Gasteiger partial charge is 0.00959 e. The molecule has 4 bridgehead atoms. The first kappa shape index (κ1) is 12.7. The fourth-order valence-corrected chi connectivity index (χ4v) is 6.65. The molecule has 5 fully saturated rings. The van der Waals surface area contributed by atoms with E-state index in [2.05, 4.69) is 0 Å². The van der Waals surface area contributed by atoms with Gasteiger partial charge in [-0.2, -0.15) is 0 Å². The highest BCUT2D eigenvalue weighted by Gasteiger charge is 2.53. The van der Waals surface area contributed by atoms with Crippen LogP contribution in [0.5, 0.6) is 0 Å². The topological polar surface area (TPSA) is 26.0 Å². The zero-order valence-corrected chi connectivity index (χ0v) is 12.4. The average Bonchev–Trinajstić information content (AvgIpc) is 2.87. The average molecular weight is 261 g/mol. The Morgan fingerprint density at radius 2 is 1.42 bits per heavy atom. The third kappa shape index (κ3) is 2.26. The van der Waals surface area contributed by atoms with Crippen LogP contribution in [0.15, 0.2) is 0 Å². The van der Waals surface area contributed by atoms with E-state index in [1.807, 2.05) is 0 Å². The van der Waals surface area contributed by atoms with Gasteiger partial charge in [-0.15, -0.1) is 0 Å². The molecule has 1 unspecified atom stereocenters. The maximum atomic E-state index is 6.75. The third-order valence-corrected chi connectivity index (χ3v) is 7.23. The van der Waals surface area contributed by atoms with E-state index >= 15 is 0 Å². The van der Waals surface area contributed by atoms with Crippen molar-refractivity contribution in [2.45, 2.75) is 83.1 Å². The number of hydrogen-bond acceptors (Lipinski definition) is 1. The van der Waals surface area contributed by atoms with E-state index in [0.29, 0.717) is 11.5 Å². The molecule has 0 aromatic heterocycles. The Morgan fingerprint density at radius 1 is 0.895 bits per heavy atom. The van der Waals surface area contributed by atoms with E-state index in [4.69, 9.17) is 5.73 Å². The minimum Gasteiger partial charge on any atom is -0.327 e. The molecule has 5 rings (SSSR count). The maximum absolute atomic E-state index is 6.75. The lowest BCUT2D eigenvalue weighted by Crippen LogP contribution is -2.54. The van der Waals surface area contributed by atoms with E-state index in [-0.39, 0.29) is 0 Å². The summed E-state index contributed by atoms with van der Waals surface area (Å²) in [6, 6.07) is 0.529. The SMILES string of the molecule is NC(CCC1CCCC1)C12CC3CC(CC(C3)C1)C2. The van der Waals surface area contributed by atoms with Crippen molar-refractivity contribution in [2.75, 3.05) is 0 Å². The summed E-state index contributed by atoms with van der Waals surface area (Å²) in [6.07, 6.45) is 17.8. The zero-order chi connectivity index (χ0) is 12.9. The molecule has 0 aliphatic heterocycles. The fraction of sp³-hybridized carbons (Fsp3) is 1.00. The summed E-state index contributed by atoms with van der Waals surface area (Å²) in [4.78, 5) is 0. The Kier molecular flexibility index (Phi) is 3.17. The molecule has 0 saturated heterocycles. The second-order valence-electron chi connectivity index (χ2n) is 8.61. The van der Waals surface area contributed by atoms with Crippen molar-refractivity contribution in [1.82, 2.24) is 0 Å². The third-order valence-electron chi connectivity index (χ3n) is 7.23. The molecule has 1 atom stereocenters. The van der Waals surface area contributed by atoms with Gasteiger partial charge in [-0.1, -0.05) is 25.7 Å².